The average molecular weight is 307 g/mol. The summed E-state index contributed by atoms with van der Waals surface area (Å²) in [5.74, 6) is 0. The van der Waals surface area contributed by atoms with Gasteiger partial charge < -0.3 is 9.73 Å². The summed E-state index contributed by atoms with van der Waals surface area (Å²) in [6.07, 6.45) is 2.98. The molecule has 0 amide bonds. The third kappa shape index (κ3) is 2.73. The van der Waals surface area contributed by atoms with Gasteiger partial charge in [-0.05, 0) is 24.1 Å². The molecule has 0 saturated carbocycles. The molecule has 0 bridgehead atoms. The highest BCUT2D eigenvalue weighted by Crippen LogP contribution is 2.29. The zero-order valence-electron chi connectivity index (χ0n) is 11.1. The monoisotopic (exact) mass is 306 g/mol. The van der Waals surface area contributed by atoms with E-state index in [1.54, 1.807) is 11.3 Å². The molecule has 3 aromatic rings. The number of thiazole rings is 1. The lowest BCUT2D eigenvalue weighted by Crippen LogP contribution is -2.12. The van der Waals surface area contributed by atoms with E-state index in [0.29, 0.717) is 11.8 Å². The van der Waals surface area contributed by atoms with E-state index in [-0.39, 0.29) is 0 Å². The minimum absolute atomic E-state index is 0.465. The van der Waals surface area contributed by atoms with Gasteiger partial charge >= 0.3 is 0 Å². The Labute approximate surface area is 126 Å². The minimum atomic E-state index is 0.465. The standard InChI is InChI=1S/C15H15ClN2OS/c1-2-10-7-18-14(20-10)9-17-8-12-11-5-3-4-6-13(11)19-15(12)16/h3-7,17H,2,8-9H2,1H3. The molecule has 0 atom stereocenters. The fourth-order valence-corrected chi connectivity index (χ4v) is 3.21. The van der Waals surface area contributed by atoms with Gasteiger partial charge in [0.1, 0.15) is 10.6 Å². The predicted molar refractivity (Wildman–Crippen MR) is 83.3 cm³/mol. The molecule has 0 aliphatic carbocycles. The van der Waals surface area contributed by atoms with Gasteiger partial charge in [0, 0.05) is 35.1 Å². The summed E-state index contributed by atoms with van der Waals surface area (Å²) in [4.78, 5) is 5.70. The van der Waals surface area contributed by atoms with E-state index in [1.165, 1.54) is 4.88 Å². The second-order valence-corrected chi connectivity index (χ2v) is 6.07. The van der Waals surface area contributed by atoms with Crippen LogP contribution in [0.4, 0.5) is 0 Å². The van der Waals surface area contributed by atoms with Crippen molar-refractivity contribution in [2.75, 3.05) is 0 Å². The largest absolute Gasteiger partial charge is 0.444 e. The van der Waals surface area contributed by atoms with Crippen LogP contribution in [-0.4, -0.2) is 4.98 Å². The molecule has 20 heavy (non-hydrogen) atoms. The van der Waals surface area contributed by atoms with Gasteiger partial charge in [0.2, 0.25) is 0 Å². The predicted octanol–water partition coefficient (Wildman–Crippen LogP) is 4.39. The van der Waals surface area contributed by atoms with Crippen molar-refractivity contribution in [1.29, 1.82) is 0 Å². The smallest absolute Gasteiger partial charge is 0.199 e. The number of fused-ring (bicyclic) bond motifs is 1. The third-order valence-corrected chi connectivity index (χ3v) is 4.62. The Morgan fingerprint density at radius 1 is 1.30 bits per heavy atom. The van der Waals surface area contributed by atoms with Crippen LogP contribution in [0.3, 0.4) is 0 Å². The second-order valence-electron chi connectivity index (χ2n) is 4.53. The first kappa shape index (κ1) is 13.6. The molecule has 3 nitrogen and oxygen atoms in total. The Balaban J connectivity index is 1.69. The Bertz CT molecular complexity index is 720. The van der Waals surface area contributed by atoms with Crippen LogP contribution in [0.5, 0.6) is 0 Å². The van der Waals surface area contributed by atoms with Crippen molar-refractivity contribution in [3.63, 3.8) is 0 Å². The summed E-state index contributed by atoms with van der Waals surface area (Å²) in [6.45, 7) is 3.57. The number of nitrogens with zero attached hydrogens (tertiary/aromatic N) is 1. The maximum absolute atomic E-state index is 6.16. The van der Waals surface area contributed by atoms with Crippen LogP contribution < -0.4 is 5.32 Å². The van der Waals surface area contributed by atoms with Gasteiger partial charge in [0.15, 0.2) is 5.22 Å². The summed E-state index contributed by atoms with van der Waals surface area (Å²) < 4.78 is 5.54. The number of hydrogen-bond donors (Lipinski definition) is 1. The highest BCUT2D eigenvalue weighted by atomic mass is 35.5. The van der Waals surface area contributed by atoms with Crippen LogP contribution >= 0.6 is 22.9 Å². The van der Waals surface area contributed by atoms with Crippen molar-refractivity contribution >= 4 is 33.9 Å². The summed E-state index contributed by atoms with van der Waals surface area (Å²) in [5.41, 5.74) is 1.84. The van der Waals surface area contributed by atoms with Crippen molar-refractivity contribution in [3.8, 4) is 0 Å². The SMILES string of the molecule is CCc1cnc(CNCc2c(Cl)oc3ccccc23)s1. The van der Waals surface area contributed by atoms with Crippen LogP contribution in [-0.2, 0) is 19.5 Å². The maximum Gasteiger partial charge on any atom is 0.199 e. The molecule has 0 radical (unpaired) electrons. The van der Waals surface area contributed by atoms with Crippen molar-refractivity contribution in [1.82, 2.24) is 10.3 Å². The first-order valence-electron chi connectivity index (χ1n) is 6.58. The molecule has 5 heteroatoms. The number of hydrogen-bond acceptors (Lipinski definition) is 4. The topological polar surface area (TPSA) is 38.1 Å². The van der Waals surface area contributed by atoms with Crippen molar-refractivity contribution in [2.45, 2.75) is 26.4 Å². The van der Waals surface area contributed by atoms with Gasteiger partial charge in [0.05, 0.1) is 0 Å². The first-order chi connectivity index (χ1) is 9.78. The molecule has 0 spiro atoms. The molecular formula is C15H15ClN2OS. The van der Waals surface area contributed by atoms with Gasteiger partial charge in [-0.25, -0.2) is 4.98 Å². The Kier molecular flexibility index (Phi) is 4.05. The van der Waals surface area contributed by atoms with E-state index in [2.05, 4.69) is 17.2 Å². The molecule has 104 valence electrons. The van der Waals surface area contributed by atoms with E-state index in [0.717, 1.165) is 34.5 Å². The van der Waals surface area contributed by atoms with Crippen LogP contribution in [0.2, 0.25) is 5.22 Å². The number of aromatic nitrogens is 1. The molecule has 0 aliphatic heterocycles. The van der Waals surface area contributed by atoms with Crippen molar-refractivity contribution in [2.24, 2.45) is 0 Å². The highest BCUT2D eigenvalue weighted by Gasteiger charge is 2.11. The summed E-state index contributed by atoms with van der Waals surface area (Å²) in [6, 6.07) is 7.90. The fourth-order valence-electron chi connectivity index (χ4n) is 2.12. The molecule has 2 aromatic heterocycles. The molecule has 3 rings (SSSR count). The number of halogens is 1. The van der Waals surface area contributed by atoms with Crippen molar-refractivity contribution in [3.05, 3.63) is 51.1 Å². The minimum Gasteiger partial charge on any atom is -0.444 e. The van der Waals surface area contributed by atoms with Gasteiger partial charge in [-0.15, -0.1) is 11.3 Å². The van der Waals surface area contributed by atoms with Gasteiger partial charge in [-0.3, -0.25) is 0 Å². The van der Waals surface area contributed by atoms with Gasteiger partial charge in [-0.1, -0.05) is 25.1 Å². The van der Waals surface area contributed by atoms with E-state index in [1.807, 2.05) is 30.5 Å². The molecule has 1 N–H and O–H groups in total. The third-order valence-electron chi connectivity index (χ3n) is 3.18. The Hall–Kier alpha value is -1.36. The summed E-state index contributed by atoms with van der Waals surface area (Å²) in [7, 11) is 0. The van der Waals surface area contributed by atoms with Crippen LogP contribution in [0.25, 0.3) is 11.0 Å². The summed E-state index contributed by atoms with van der Waals surface area (Å²) >= 11 is 7.90. The van der Waals surface area contributed by atoms with Crippen LogP contribution in [0.15, 0.2) is 34.9 Å². The van der Waals surface area contributed by atoms with Crippen LogP contribution in [0, 0.1) is 0 Å². The lowest BCUT2D eigenvalue weighted by Gasteiger charge is -2.01. The Morgan fingerprint density at radius 3 is 2.95 bits per heavy atom. The zero-order chi connectivity index (χ0) is 13.9. The maximum atomic E-state index is 6.16. The molecule has 2 heterocycles. The first-order valence-corrected chi connectivity index (χ1v) is 7.77. The number of para-hydroxylation sites is 1. The highest BCUT2D eigenvalue weighted by molar-refractivity contribution is 7.11. The molecule has 0 saturated heterocycles. The number of benzene rings is 1. The lowest BCUT2D eigenvalue weighted by molar-refractivity contribution is 0.604. The molecule has 0 aliphatic rings. The Morgan fingerprint density at radius 2 is 2.15 bits per heavy atom. The van der Waals surface area contributed by atoms with Gasteiger partial charge in [0.25, 0.3) is 0 Å². The van der Waals surface area contributed by atoms with Crippen molar-refractivity contribution < 1.29 is 4.42 Å². The normalized spacial score (nSPS) is 11.3. The van der Waals surface area contributed by atoms with E-state index < -0.39 is 0 Å². The summed E-state index contributed by atoms with van der Waals surface area (Å²) in [5, 5.41) is 6.01. The number of furan rings is 1. The molecule has 0 unspecified atom stereocenters. The number of rotatable bonds is 5. The van der Waals surface area contributed by atoms with Gasteiger partial charge in [-0.2, -0.15) is 0 Å². The quantitative estimate of drug-likeness (QED) is 0.759. The van der Waals surface area contributed by atoms with E-state index in [4.69, 9.17) is 16.0 Å². The average Bonchev–Trinajstić information content (AvgIpc) is 3.04. The lowest BCUT2D eigenvalue weighted by atomic mass is 10.2. The number of aryl methyl sites for hydroxylation is 1. The molecule has 1 aromatic carbocycles. The second kappa shape index (κ2) is 5.95. The molecular weight excluding hydrogens is 292 g/mol. The van der Waals surface area contributed by atoms with E-state index in [9.17, 15) is 0 Å². The van der Waals surface area contributed by atoms with Crippen LogP contribution in [0.1, 0.15) is 22.4 Å². The fraction of sp³-hybridized carbons (Fsp3) is 0.267. The zero-order valence-corrected chi connectivity index (χ0v) is 12.7. The van der Waals surface area contributed by atoms with E-state index >= 15 is 0 Å². The molecule has 0 fully saturated rings. The number of nitrogens with one attached hydrogen (secondary N) is 1.